The molecule has 0 aliphatic heterocycles. The standard InChI is InChI=1S/C13H23N3/c1-11-12(8-9-14-2)10-15-16(11)13-6-4-3-5-7-13/h10,13-14H,3-9H2,1-2H3. The van der Waals surface area contributed by atoms with Gasteiger partial charge in [-0.15, -0.1) is 0 Å². The Morgan fingerprint density at radius 3 is 2.81 bits per heavy atom. The summed E-state index contributed by atoms with van der Waals surface area (Å²) in [7, 11) is 2.00. The molecule has 3 heteroatoms. The summed E-state index contributed by atoms with van der Waals surface area (Å²) in [6, 6.07) is 0.664. The van der Waals surface area contributed by atoms with E-state index in [0.717, 1.165) is 13.0 Å². The van der Waals surface area contributed by atoms with E-state index in [9.17, 15) is 0 Å². The first kappa shape index (κ1) is 11.6. The normalized spacial score (nSPS) is 17.9. The molecule has 0 radical (unpaired) electrons. The summed E-state index contributed by atoms with van der Waals surface area (Å²) in [5, 5.41) is 7.78. The Hall–Kier alpha value is -0.830. The summed E-state index contributed by atoms with van der Waals surface area (Å²) in [5.41, 5.74) is 2.78. The highest BCUT2D eigenvalue weighted by molar-refractivity contribution is 5.17. The van der Waals surface area contributed by atoms with E-state index in [1.807, 2.05) is 7.05 Å². The lowest BCUT2D eigenvalue weighted by molar-refractivity contribution is 0.324. The van der Waals surface area contributed by atoms with Gasteiger partial charge in [-0.3, -0.25) is 4.68 Å². The molecule has 0 spiro atoms. The number of rotatable bonds is 4. The Morgan fingerprint density at radius 1 is 1.38 bits per heavy atom. The predicted octanol–water partition coefficient (Wildman–Crippen LogP) is 2.46. The van der Waals surface area contributed by atoms with Crippen LogP contribution in [0.25, 0.3) is 0 Å². The van der Waals surface area contributed by atoms with Crippen LogP contribution >= 0.6 is 0 Å². The van der Waals surface area contributed by atoms with Crippen molar-refractivity contribution < 1.29 is 0 Å². The molecule has 2 rings (SSSR count). The lowest BCUT2D eigenvalue weighted by Crippen LogP contribution is -2.16. The molecular weight excluding hydrogens is 198 g/mol. The Morgan fingerprint density at radius 2 is 2.12 bits per heavy atom. The third kappa shape index (κ3) is 2.46. The van der Waals surface area contributed by atoms with Gasteiger partial charge in [-0.2, -0.15) is 5.10 Å². The number of hydrogen-bond acceptors (Lipinski definition) is 2. The maximum absolute atomic E-state index is 4.58. The molecule has 1 aromatic rings. The largest absolute Gasteiger partial charge is 0.319 e. The molecule has 1 fully saturated rings. The summed E-state index contributed by atoms with van der Waals surface area (Å²) < 4.78 is 2.27. The second-order valence-corrected chi connectivity index (χ2v) is 4.85. The number of aromatic nitrogens is 2. The molecule has 1 N–H and O–H groups in total. The summed E-state index contributed by atoms with van der Waals surface area (Å²) in [5.74, 6) is 0. The Labute approximate surface area is 98.2 Å². The second-order valence-electron chi connectivity index (χ2n) is 4.85. The van der Waals surface area contributed by atoms with Crippen LogP contribution < -0.4 is 5.32 Å². The number of likely N-dealkylation sites (N-methyl/N-ethyl adjacent to an activating group) is 1. The zero-order chi connectivity index (χ0) is 11.4. The highest BCUT2D eigenvalue weighted by Gasteiger charge is 2.18. The summed E-state index contributed by atoms with van der Waals surface area (Å²) >= 11 is 0. The molecular formula is C13H23N3. The maximum Gasteiger partial charge on any atom is 0.0525 e. The molecule has 1 aliphatic rings. The van der Waals surface area contributed by atoms with Crippen LogP contribution in [0.3, 0.4) is 0 Å². The van der Waals surface area contributed by atoms with Crippen molar-refractivity contribution in [2.24, 2.45) is 0 Å². The molecule has 0 unspecified atom stereocenters. The van der Waals surface area contributed by atoms with E-state index in [0.29, 0.717) is 6.04 Å². The molecule has 0 saturated heterocycles. The highest BCUT2D eigenvalue weighted by Crippen LogP contribution is 2.29. The molecule has 0 atom stereocenters. The van der Waals surface area contributed by atoms with Crippen LogP contribution in [0.2, 0.25) is 0 Å². The SMILES string of the molecule is CNCCc1cnn(C2CCCCC2)c1C. The van der Waals surface area contributed by atoms with Crippen molar-refractivity contribution in [1.29, 1.82) is 0 Å². The topological polar surface area (TPSA) is 29.9 Å². The fourth-order valence-corrected chi connectivity index (χ4v) is 2.66. The quantitative estimate of drug-likeness (QED) is 0.846. The van der Waals surface area contributed by atoms with Crippen molar-refractivity contribution in [2.75, 3.05) is 13.6 Å². The van der Waals surface area contributed by atoms with Crippen LogP contribution in [0.5, 0.6) is 0 Å². The Balaban J connectivity index is 2.06. The van der Waals surface area contributed by atoms with Gasteiger partial charge in [0.15, 0.2) is 0 Å². The van der Waals surface area contributed by atoms with Gasteiger partial charge >= 0.3 is 0 Å². The summed E-state index contributed by atoms with van der Waals surface area (Å²) in [4.78, 5) is 0. The number of nitrogens with zero attached hydrogens (tertiary/aromatic N) is 2. The Bertz CT molecular complexity index is 324. The van der Waals surface area contributed by atoms with Gasteiger partial charge in [-0.05, 0) is 45.3 Å². The van der Waals surface area contributed by atoms with Crippen LogP contribution in [0, 0.1) is 6.92 Å². The molecule has 16 heavy (non-hydrogen) atoms. The zero-order valence-electron chi connectivity index (χ0n) is 10.5. The van der Waals surface area contributed by atoms with Gasteiger partial charge in [-0.25, -0.2) is 0 Å². The molecule has 0 bridgehead atoms. The van der Waals surface area contributed by atoms with E-state index in [4.69, 9.17) is 0 Å². The van der Waals surface area contributed by atoms with Crippen molar-refractivity contribution in [1.82, 2.24) is 15.1 Å². The maximum atomic E-state index is 4.58. The highest BCUT2D eigenvalue weighted by atomic mass is 15.3. The van der Waals surface area contributed by atoms with Crippen LogP contribution in [0.1, 0.15) is 49.4 Å². The first-order valence-corrected chi connectivity index (χ1v) is 6.50. The molecule has 0 amide bonds. The fraction of sp³-hybridized carbons (Fsp3) is 0.769. The van der Waals surface area contributed by atoms with Gasteiger partial charge in [0.05, 0.1) is 12.2 Å². The Kier molecular flexibility index (Phi) is 3.99. The molecule has 90 valence electrons. The van der Waals surface area contributed by atoms with Crippen LogP contribution in [0.15, 0.2) is 6.20 Å². The van der Waals surface area contributed by atoms with Crippen molar-refractivity contribution in [3.63, 3.8) is 0 Å². The van der Waals surface area contributed by atoms with Crippen LogP contribution in [-0.4, -0.2) is 23.4 Å². The van der Waals surface area contributed by atoms with Gasteiger partial charge < -0.3 is 5.32 Å². The number of hydrogen-bond donors (Lipinski definition) is 1. The van der Waals surface area contributed by atoms with Gasteiger partial charge in [-0.1, -0.05) is 19.3 Å². The van der Waals surface area contributed by atoms with E-state index in [1.165, 1.54) is 43.4 Å². The predicted molar refractivity (Wildman–Crippen MR) is 66.7 cm³/mol. The van der Waals surface area contributed by atoms with Crippen LogP contribution in [0.4, 0.5) is 0 Å². The van der Waals surface area contributed by atoms with Gasteiger partial charge in [0.25, 0.3) is 0 Å². The third-order valence-corrected chi connectivity index (χ3v) is 3.71. The van der Waals surface area contributed by atoms with E-state index < -0.39 is 0 Å². The van der Waals surface area contributed by atoms with Crippen molar-refractivity contribution >= 4 is 0 Å². The average molecular weight is 221 g/mol. The minimum absolute atomic E-state index is 0.664. The van der Waals surface area contributed by atoms with Crippen molar-refractivity contribution in [2.45, 2.75) is 51.5 Å². The molecule has 1 aromatic heterocycles. The van der Waals surface area contributed by atoms with Crippen molar-refractivity contribution in [3.05, 3.63) is 17.5 Å². The number of nitrogens with one attached hydrogen (secondary N) is 1. The fourth-order valence-electron chi connectivity index (χ4n) is 2.66. The van der Waals surface area contributed by atoms with Gasteiger partial charge in [0, 0.05) is 5.69 Å². The van der Waals surface area contributed by atoms with E-state index in [-0.39, 0.29) is 0 Å². The van der Waals surface area contributed by atoms with E-state index in [2.05, 4.69) is 28.2 Å². The first-order chi connectivity index (χ1) is 7.83. The summed E-state index contributed by atoms with van der Waals surface area (Å²) in [6.07, 6.45) is 9.92. The first-order valence-electron chi connectivity index (χ1n) is 6.50. The molecule has 3 nitrogen and oxygen atoms in total. The monoisotopic (exact) mass is 221 g/mol. The average Bonchev–Trinajstić information content (AvgIpc) is 2.69. The zero-order valence-corrected chi connectivity index (χ0v) is 10.5. The smallest absolute Gasteiger partial charge is 0.0525 e. The third-order valence-electron chi connectivity index (χ3n) is 3.71. The van der Waals surface area contributed by atoms with Gasteiger partial charge in [0.1, 0.15) is 0 Å². The van der Waals surface area contributed by atoms with E-state index in [1.54, 1.807) is 0 Å². The van der Waals surface area contributed by atoms with Crippen LogP contribution in [-0.2, 0) is 6.42 Å². The molecule has 1 saturated carbocycles. The molecule has 1 aliphatic carbocycles. The lowest BCUT2D eigenvalue weighted by atomic mass is 9.95. The minimum atomic E-state index is 0.664. The van der Waals surface area contributed by atoms with E-state index >= 15 is 0 Å². The summed E-state index contributed by atoms with van der Waals surface area (Å²) in [6.45, 7) is 3.25. The minimum Gasteiger partial charge on any atom is -0.319 e. The molecule has 1 heterocycles. The second kappa shape index (κ2) is 5.48. The molecule has 0 aromatic carbocycles. The van der Waals surface area contributed by atoms with Crippen molar-refractivity contribution in [3.8, 4) is 0 Å². The van der Waals surface area contributed by atoms with Gasteiger partial charge in [0.2, 0.25) is 0 Å². The lowest BCUT2D eigenvalue weighted by Gasteiger charge is -2.23.